The van der Waals surface area contributed by atoms with Gasteiger partial charge in [0.25, 0.3) is 11.8 Å². The Morgan fingerprint density at radius 3 is 2.54 bits per heavy atom. The third-order valence-corrected chi connectivity index (χ3v) is 5.01. The Kier molecular flexibility index (Phi) is 5.23. The van der Waals surface area contributed by atoms with E-state index in [1.165, 1.54) is 12.5 Å². The van der Waals surface area contributed by atoms with Crippen LogP contribution in [-0.2, 0) is 6.54 Å². The first-order chi connectivity index (χ1) is 13.7. The maximum atomic E-state index is 12.5. The molecule has 3 heterocycles. The summed E-state index contributed by atoms with van der Waals surface area (Å²) in [5, 5.41) is 7.27. The zero-order valence-electron chi connectivity index (χ0n) is 15.5. The first-order valence-electron chi connectivity index (χ1n) is 9.38. The SMILES string of the molecule is O=C(NC1CCN(C(=O)c2ccoc2)CC1)c1ccc(Cn2cccn2)cc1. The maximum absolute atomic E-state index is 12.5. The molecule has 0 atom stereocenters. The number of aromatic nitrogens is 2. The lowest BCUT2D eigenvalue weighted by atomic mass is 10.0. The van der Waals surface area contributed by atoms with E-state index in [1.807, 2.05) is 41.2 Å². The van der Waals surface area contributed by atoms with E-state index >= 15 is 0 Å². The summed E-state index contributed by atoms with van der Waals surface area (Å²) in [6, 6.07) is 11.2. The number of furan rings is 1. The number of hydrogen-bond donors (Lipinski definition) is 1. The largest absolute Gasteiger partial charge is 0.472 e. The number of nitrogens with one attached hydrogen (secondary N) is 1. The van der Waals surface area contributed by atoms with Crippen molar-refractivity contribution >= 4 is 11.8 Å². The molecule has 3 aromatic rings. The molecule has 4 rings (SSSR count). The van der Waals surface area contributed by atoms with E-state index < -0.39 is 0 Å². The van der Waals surface area contributed by atoms with Gasteiger partial charge in [-0.1, -0.05) is 12.1 Å². The number of hydrogen-bond acceptors (Lipinski definition) is 4. The zero-order valence-corrected chi connectivity index (χ0v) is 15.5. The fourth-order valence-electron chi connectivity index (χ4n) is 3.41. The molecule has 1 aliphatic rings. The van der Waals surface area contributed by atoms with E-state index in [1.54, 1.807) is 17.2 Å². The van der Waals surface area contributed by atoms with Crippen LogP contribution in [-0.4, -0.2) is 45.6 Å². The summed E-state index contributed by atoms with van der Waals surface area (Å²) < 4.78 is 6.82. The Bertz CT molecular complexity index is 909. The predicted octanol–water partition coefficient (Wildman–Crippen LogP) is 2.56. The Morgan fingerprint density at radius 1 is 1.11 bits per heavy atom. The molecule has 0 radical (unpaired) electrons. The van der Waals surface area contributed by atoms with Crippen molar-refractivity contribution in [3.63, 3.8) is 0 Å². The lowest BCUT2D eigenvalue weighted by molar-refractivity contribution is 0.0697. The van der Waals surface area contributed by atoms with Gasteiger partial charge in [0, 0.05) is 37.1 Å². The number of benzene rings is 1. The van der Waals surface area contributed by atoms with E-state index in [-0.39, 0.29) is 17.9 Å². The van der Waals surface area contributed by atoms with Crippen LogP contribution in [0, 0.1) is 0 Å². The zero-order chi connectivity index (χ0) is 19.3. The highest BCUT2D eigenvalue weighted by Crippen LogP contribution is 2.15. The van der Waals surface area contributed by atoms with Crippen LogP contribution in [0.1, 0.15) is 39.1 Å². The predicted molar refractivity (Wildman–Crippen MR) is 103 cm³/mol. The molecule has 144 valence electrons. The first-order valence-corrected chi connectivity index (χ1v) is 9.38. The van der Waals surface area contributed by atoms with Crippen LogP contribution in [0.4, 0.5) is 0 Å². The van der Waals surface area contributed by atoms with Gasteiger partial charge in [-0.3, -0.25) is 14.3 Å². The van der Waals surface area contributed by atoms with Crippen LogP contribution in [0.3, 0.4) is 0 Å². The molecule has 1 saturated heterocycles. The van der Waals surface area contributed by atoms with Gasteiger partial charge in [0.05, 0.1) is 18.4 Å². The van der Waals surface area contributed by atoms with Crippen molar-refractivity contribution in [1.82, 2.24) is 20.0 Å². The molecule has 0 bridgehead atoms. The summed E-state index contributed by atoms with van der Waals surface area (Å²) in [7, 11) is 0. The van der Waals surface area contributed by atoms with Crippen molar-refractivity contribution < 1.29 is 14.0 Å². The Labute approximate surface area is 162 Å². The number of rotatable bonds is 5. The van der Waals surface area contributed by atoms with E-state index in [0.717, 1.165) is 18.4 Å². The van der Waals surface area contributed by atoms with Gasteiger partial charge in [0.15, 0.2) is 0 Å². The van der Waals surface area contributed by atoms with Gasteiger partial charge in [-0.15, -0.1) is 0 Å². The molecule has 0 unspecified atom stereocenters. The number of amides is 2. The summed E-state index contributed by atoms with van der Waals surface area (Å²) in [6.07, 6.45) is 8.10. The summed E-state index contributed by atoms with van der Waals surface area (Å²) in [4.78, 5) is 26.7. The van der Waals surface area contributed by atoms with E-state index in [0.29, 0.717) is 30.8 Å². The van der Waals surface area contributed by atoms with Crippen molar-refractivity contribution in [2.24, 2.45) is 0 Å². The lowest BCUT2D eigenvalue weighted by Crippen LogP contribution is -2.46. The Morgan fingerprint density at radius 2 is 1.89 bits per heavy atom. The van der Waals surface area contributed by atoms with Gasteiger partial charge in [-0.25, -0.2) is 0 Å². The molecule has 1 fully saturated rings. The van der Waals surface area contributed by atoms with Crippen LogP contribution < -0.4 is 5.32 Å². The number of likely N-dealkylation sites (tertiary alicyclic amines) is 1. The van der Waals surface area contributed by atoms with Crippen molar-refractivity contribution in [1.29, 1.82) is 0 Å². The average Bonchev–Trinajstić information content (AvgIpc) is 3.43. The minimum Gasteiger partial charge on any atom is -0.472 e. The highest BCUT2D eigenvalue weighted by atomic mass is 16.3. The number of nitrogens with zero attached hydrogens (tertiary/aromatic N) is 3. The van der Waals surface area contributed by atoms with Gasteiger partial charge in [-0.2, -0.15) is 5.10 Å². The van der Waals surface area contributed by atoms with Gasteiger partial charge in [0.1, 0.15) is 6.26 Å². The molecule has 7 heteroatoms. The molecular formula is C21H22N4O3. The van der Waals surface area contributed by atoms with Crippen LogP contribution in [0.5, 0.6) is 0 Å². The molecule has 1 aliphatic heterocycles. The quantitative estimate of drug-likeness (QED) is 0.740. The van der Waals surface area contributed by atoms with Crippen LogP contribution in [0.15, 0.2) is 65.7 Å². The second kappa shape index (κ2) is 8.12. The maximum Gasteiger partial charge on any atom is 0.257 e. The van der Waals surface area contributed by atoms with Gasteiger partial charge in [0.2, 0.25) is 0 Å². The molecule has 2 aromatic heterocycles. The molecule has 1 aromatic carbocycles. The molecule has 0 aliphatic carbocycles. The number of piperidine rings is 1. The average molecular weight is 378 g/mol. The Balaban J connectivity index is 1.28. The normalized spacial score (nSPS) is 14.8. The topological polar surface area (TPSA) is 80.4 Å². The highest BCUT2D eigenvalue weighted by molar-refractivity contribution is 5.95. The number of carbonyl (C=O) groups is 2. The minimum absolute atomic E-state index is 0.0219. The fourth-order valence-corrected chi connectivity index (χ4v) is 3.41. The second-order valence-electron chi connectivity index (χ2n) is 6.95. The van der Waals surface area contributed by atoms with Gasteiger partial charge in [-0.05, 0) is 42.7 Å². The molecule has 28 heavy (non-hydrogen) atoms. The molecule has 7 nitrogen and oxygen atoms in total. The lowest BCUT2D eigenvalue weighted by Gasteiger charge is -2.32. The van der Waals surface area contributed by atoms with E-state index in [9.17, 15) is 9.59 Å². The van der Waals surface area contributed by atoms with Crippen molar-refractivity contribution in [3.8, 4) is 0 Å². The molecular weight excluding hydrogens is 356 g/mol. The van der Waals surface area contributed by atoms with Gasteiger partial charge >= 0.3 is 0 Å². The van der Waals surface area contributed by atoms with Gasteiger partial charge < -0.3 is 14.6 Å². The van der Waals surface area contributed by atoms with Crippen LogP contribution in [0.25, 0.3) is 0 Å². The summed E-state index contributed by atoms with van der Waals surface area (Å²) in [5.41, 5.74) is 2.30. The molecule has 1 N–H and O–H groups in total. The fraction of sp³-hybridized carbons (Fsp3) is 0.286. The van der Waals surface area contributed by atoms with Crippen molar-refractivity contribution in [2.75, 3.05) is 13.1 Å². The number of carbonyl (C=O) groups excluding carboxylic acids is 2. The molecule has 0 saturated carbocycles. The Hall–Kier alpha value is -3.35. The summed E-state index contributed by atoms with van der Waals surface area (Å²) in [5.74, 6) is -0.100. The highest BCUT2D eigenvalue weighted by Gasteiger charge is 2.25. The first kappa shape index (κ1) is 18.0. The third kappa shape index (κ3) is 4.14. The second-order valence-corrected chi connectivity index (χ2v) is 6.95. The standard InChI is InChI=1S/C21H22N4O3/c26-20(17-4-2-16(3-5-17)14-25-10-1-9-22-25)23-19-6-11-24(12-7-19)21(27)18-8-13-28-15-18/h1-5,8-10,13,15,19H,6-7,11-12,14H2,(H,23,26). The van der Waals surface area contributed by atoms with Crippen LogP contribution in [0.2, 0.25) is 0 Å². The van der Waals surface area contributed by atoms with E-state index in [4.69, 9.17) is 4.42 Å². The monoisotopic (exact) mass is 378 g/mol. The van der Waals surface area contributed by atoms with Crippen molar-refractivity contribution in [3.05, 3.63) is 78.0 Å². The van der Waals surface area contributed by atoms with E-state index in [2.05, 4.69) is 10.4 Å². The summed E-state index contributed by atoms with van der Waals surface area (Å²) in [6.45, 7) is 1.92. The summed E-state index contributed by atoms with van der Waals surface area (Å²) >= 11 is 0. The molecule has 2 amide bonds. The minimum atomic E-state index is -0.0785. The smallest absolute Gasteiger partial charge is 0.257 e. The van der Waals surface area contributed by atoms with Crippen molar-refractivity contribution in [2.45, 2.75) is 25.4 Å². The third-order valence-electron chi connectivity index (χ3n) is 5.01. The molecule has 0 spiro atoms. The van der Waals surface area contributed by atoms with Crippen LogP contribution >= 0.6 is 0 Å².